The molecule has 0 spiro atoms. The van der Waals surface area contributed by atoms with Crippen molar-refractivity contribution in [1.82, 2.24) is 10.2 Å². The molecule has 0 aromatic rings. The third-order valence-electron chi connectivity index (χ3n) is 3.57. The van der Waals surface area contributed by atoms with Crippen LogP contribution in [0.5, 0.6) is 0 Å². The molecule has 1 unspecified atom stereocenters. The molecule has 0 aromatic carbocycles. The van der Waals surface area contributed by atoms with E-state index in [0.29, 0.717) is 12.5 Å². The second-order valence-corrected chi connectivity index (χ2v) is 5.23. The molecule has 114 valence electrons. The van der Waals surface area contributed by atoms with Gasteiger partial charge >= 0.3 is 5.97 Å². The highest BCUT2D eigenvalue weighted by atomic mass is 16.4. The number of carboxylic acid groups (broad SMARTS) is 1. The third kappa shape index (κ3) is 12.2. The number of nitrogens with zero attached hydrogens (tertiary/aromatic N) is 1. The monoisotopic (exact) mass is 272 g/mol. The summed E-state index contributed by atoms with van der Waals surface area (Å²) in [5, 5.41) is 12.0. The standard InChI is InChI=1S/C15H32N2O2/c1-4-17(5-2)13-9-10-14(3)16-12-8-6-7-11-15(18)19/h14,16H,4-13H2,1-3H3,(H,18,19). The third-order valence-corrected chi connectivity index (χ3v) is 3.57. The fraction of sp³-hybridized carbons (Fsp3) is 0.933. The minimum absolute atomic E-state index is 0.305. The molecule has 4 heteroatoms. The van der Waals surface area contributed by atoms with Gasteiger partial charge in [-0.3, -0.25) is 4.79 Å². The number of hydrogen-bond acceptors (Lipinski definition) is 3. The van der Waals surface area contributed by atoms with E-state index in [4.69, 9.17) is 5.11 Å². The smallest absolute Gasteiger partial charge is 0.303 e. The van der Waals surface area contributed by atoms with E-state index < -0.39 is 5.97 Å². The van der Waals surface area contributed by atoms with E-state index in [2.05, 4.69) is 31.0 Å². The van der Waals surface area contributed by atoms with Crippen LogP contribution in [0.4, 0.5) is 0 Å². The van der Waals surface area contributed by atoms with Crippen LogP contribution in [-0.2, 0) is 4.79 Å². The number of carbonyl (C=O) groups is 1. The van der Waals surface area contributed by atoms with Crippen LogP contribution in [0, 0.1) is 0 Å². The second-order valence-electron chi connectivity index (χ2n) is 5.23. The lowest BCUT2D eigenvalue weighted by atomic mass is 10.1. The van der Waals surface area contributed by atoms with Crippen molar-refractivity contribution in [3.05, 3.63) is 0 Å². The zero-order chi connectivity index (χ0) is 14.5. The Labute approximate surface area is 118 Å². The summed E-state index contributed by atoms with van der Waals surface area (Å²) in [6.07, 6.45) is 5.65. The molecule has 0 saturated heterocycles. The topological polar surface area (TPSA) is 52.6 Å². The Morgan fingerprint density at radius 3 is 2.42 bits per heavy atom. The van der Waals surface area contributed by atoms with Crippen molar-refractivity contribution in [1.29, 1.82) is 0 Å². The first-order valence-electron chi connectivity index (χ1n) is 7.77. The first-order chi connectivity index (χ1) is 9.10. The van der Waals surface area contributed by atoms with Gasteiger partial charge in [0.15, 0.2) is 0 Å². The van der Waals surface area contributed by atoms with Crippen molar-refractivity contribution in [2.75, 3.05) is 26.2 Å². The van der Waals surface area contributed by atoms with Gasteiger partial charge < -0.3 is 15.3 Å². The van der Waals surface area contributed by atoms with Crippen molar-refractivity contribution in [3.8, 4) is 0 Å². The van der Waals surface area contributed by atoms with Gasteiger partial charge in [-0.25, -0.2) is 0 Å². The Morgan fingerprint density at radius 2 is 1.84 bits per heavy atom. The van der Waals surface area contributed by atoms with Gasteiger partial charge in [-0.05, 0) is 58.8 Å². The SMILES string of the molecule is CCN(CC)CCCC(C)NCCCCCC(=O)O. The maximum absolute atomic E-state index is 10.3. The molecule has 0 heterocycles. The van der Waals surface area contributed by atoms with Crippen LogP contribution in [0.15, 0.2) is 0 Å². The minimum atomic E-state index is -0.683. The van der Waals surface area contributed by atoms with Crippen LogP contribution >= 0.6 is 0 Å². The molecule has 1 atom stereocenters. The van der Waals surface area contributed by atoms with Crippen molar-refractivity contribution in [3.63, 3.8) is 0 Å². The van der Waals surface area contributed by atoms with Gasteiger partial charge in [0.05, 0.1) is 0 Å². The molecule has 0 radical (unpaired) electrons. The molecular weight excluding hydrogens is 240 g/mol. The molecular formula is C15H32N2O2. The Morgan fingerprint density at radius 1 is 1.16 bits per heavy atom. The van der Waals surface area contributed by atoms with Crippen LogP contribution in [0.1, 0.15) is 59.3 Å². The molecule has 4 nitrogen and oxygen atoms in total. The van der Waals surface area contributed by atoms with Gasteiger partial charge in [0.25, 0.3) is 0 Å². The summed E-state index contributed by atoms with van der Waals surface area (Å²) in [5.41, 5.74) is 0. The number of aliphatic carboxylic acids is 1. The van der Waals surface area contributed by atoms with Crippen LogP contribution in [0.2, 0.25) is 0 Å². The number of nitrogens with one attached hydrogen (secondary N) is 1. The molecule has 0 rings (SSSR count). The highest BCUT2D eigenvalue weighted by molar-refractivity contribution is 5.66. The van der Waals surface area contributed by atoms with Gasteiger partial charge in [-0.1, -0.05) is 20.3 Å². The fourth-order valence-electron chi connectivity index (χ4n) is 2.19. The van der Waals surface area contributed by atoms with Crippen LogP contribution in [-0.4, -0.2) is 48.2 Å². The van der Waals surface area contributed by atoms with E-state index in [0.717, 1.165) is 38.9 Å². The Kier molecular flexibility index (Phi) is 12.0. The largest absolute Gasteiger partial charge is 0.481 e. The lowest BCUT2D eigenvalue weighted by Crippen LogP contribution is -2.29. The highest BCUT2D eigenvalue weighted by Crippen LogP contribution is 2.02. The second kappa shape index (κ2) is 12.4. The molecule has 0 fully saturated rings. The van der Waals surface area contributed by atoms with E-state index >= 15 is 0 Å². The summed E-state index contributed by atoms with van der Waals surface area (Å²) < 4.78 is 0. The maximum Gasteiger partial charge on any atom is 0.303 e. The van der Waals surface area contributed by atoms with Gasteiger partial charge in [0, 0.05) is 12.5 Å². The number of carboxylic acids is 1. The summed E-state index contributed by atoms with van der Waals surface area (Å²) in [4.78, 5) is 12.8. The van der Waals surface area contributed by atoms with Crippen LogP contribution in [0.25, 0.3) is 0 Å². The summed E-state index contributed by atoms with van der Waals surface area (Å²) in [6.45, 7) is 11.1. The molecule has 0 aliphatic rings. The quantitative estimate of drug-likeness (QED) is 0.506. The van der Waals surface area contributed by atoms with Gasteiger partial charge in [0.1, 0.15) is 0 Å². The van der Waals surface area contributed by atoms with Gasteiger partial charge in [-0.15, -0.1) is 0 Å². The van der Waals surface area contributed by atoms with E-state index in [9.17, 15) is 4.79 Å². The molecule has 0 aliphatic carbocycles. The zero-order valence-corrected chi connectivity index (χ0v) is 13.0. The molecule has 0 saturated carbocycles. The summed E-state index contributed by atoms with van der Waals surface area (Å²) in [6, 6.07) is 0.565. The fourth-order valence-corrected chi connectivity index (χ4v) is 2.19. The minimum Gasteiger partial charge on any atom is -0.481 e. The highest BCUT2D eigenvalue weighted by Gasteiger charge is 2.03. The van der Waals surface area contributed by atoms with Crippen molar-refractivity contribution >= 4 is 5.97 Å². The zero-order valence-electron chi connectivity index (χ0n) is 13.0. The predicted octanol–water partition coefficient (Wildman–Crippen LogP) is 2.73. The average Bonchev–Trinajstić information content (AvgIpc) is 2.38. The van der Waals surface area contributed by atoms with E-state index in [1.165, 1.54) is 19.4 Å². The summed E-state index contributed by atoms with van der Waals surface area (Å²) in [7, 11) is 0. The van der Waals surface area contributed by atoms with Crippen molar-refractivity contribution in [2.24, 2.45) is 0 Å². The average molecular weight is 272 g/mol. The predicted molar refractivity (Wildman–Crippen MR) is 80.6 cm³/mol. The van der Waals surface area contributed by atoms with Crippen molar-refractivity contribution < 1.29 is 9.90 Å². The summed E-state index contributed by atoms with van der Waals surface area (Å²) in [5.74, 6) is -0.683. The Balaban J connectivity index is 3.34. The molecule has 0 aromatic heterocycles. The maximum atomic E-state index is 10.3. The molecule has 19 heavy (non-hydrogen) atoms. The lowest BCUT2D eigenvalue weighted by Gasteiger charge is -2.19. The van der Waals surface area contributed by atoms with Crippen molar-refractivity contribution in [2.45, 2.75) is 65.3 Å². The summed E-state index contributed by atoms with van der Waals surface area (Å²) >= 11 is 0. The molecule has 0 amide bonds. The molecule has 0 aliphatic heterocycles. The van der Waals surface area contributed by atoms with Gasteiger partial charge in [0.2, 0.25) is 0 Å². The van der Waals surface area contributed by atoms with E-state index in [1.54, 1.807) is 0 Å². The number of unbranched alkanes of at least 4 members (excludes halogenated alkanes) is 2. The Bertz CT molecular complexity index is 218. The van der Waals surface area contributed by atoms with E-state index in [1.807, 2.05) is 0 Å². The normalized spacial score (nSPS) is 12.8. The van der Waals surface area contributed by atoms with Gasteiger partial charge in [-0.2, -0.15) is 0 Å². The lowest BCUT2D eigenvalue weighted by molar-refractivity contribution is -0.137. The Hall–Kier alpha value is -0.610. The number of rotatable bonds is 13. The number of hydrogen-bond donors (Lipinski definition) is 2. The van der Waals surface area contributed by atoms with Crippen LogP contribution in [0.3, 0.4) is 0 Å². The molecule has 0 bridgehead atoms. The molecule has 2 N–H and O–H groups in total. The first kappa shape index (κ1) is 18.4. The first-order valence-corrected chi connectivity index (χ1v) is 7.77. The van der Waals surface area contributed by atoms with E-state index in [-0.39, 0.29) is 0 Å². The van der Waals surface area contributed by atoms with Crippen LogP contribution < -0.4 is 5.32 Å².